The van der Waals surface area contributed by atoms with Crippen molar-refractivity contribution in [1.29, 1.82) is 0 Å². The highest BCUT2D eigenvalue weighted by Gasteiger charge is 2.55. The molecule has 0 radical (unpaired) electrons. The number of fused-ring (bicyclic) bond motifs is 1. The Kier molecular flexibility index (Phi) is 10.6. The SMILES string of the molecule is CCC(CC)C(=O)OC(C)OC(=O)C1=C(COC(=O)N(C)C)CS[C@H]2C(NC(=O)/C(=N\O)c3csc(N)n3)C(=O)N12. The molecule has 2 unspecified atom stereocenters. The summed E-state index contributed by atoms with van der Waals surface area (Å²) in [5.74, 6) is -3.23. The third kappa shape index (κ3) is 7.08. The summed E-state index contributed by atoms with van der Waals surface area (Å²) in [6.45, 7) is 4.74. The molecule has 3 heterocycles. The molecule has 1 aromatic rings. The highest BCUT2D eigenvalue weighted by Crippen LogP contribution is 2.41. The van der Waals surface area contributed by atoms with Crippen LogP contribution < -0.4 is 11.1 Å². The van der Waals surface area contributed by atoms with Gasteiger partial charge in [-0.3, -0.25) is 19.3 Å². The van der Waals surface area contributed by atoms with E-state index >= 15 is 0 Å². The number of hydrogen-bond acceptors (Lipinski definition) is 14. The van der Waals surface area contributed by atoms with Crippen molar-refractivity contribution in [1.82, 2.24) is 20.1 Å². The van der Waals surface area contributed by atoms with Crippen molar-refractivity contribution in [3.05, 3.63) is 22.3 Å². The van der Waals surface area contributed by atoms with Gasteiger partial charge in [0.15, 0.2) is 10.8 Å². The first-order valence-electron chi connectivity index (χ1n) is 12.6. The molecule has 41 heavy (non-hydrogen) atoms. The molecule has 0 saturated carbocycles. The van der Waals surface area contributed by atoms with Crippen molar-refractivity contribution < 1.29 is 43.4 Å². The van der Waals surface area contributed by atoms with Crippen molar-refractivity contribution in [2.24, 2.45) is 11.1 Å². The van der Waals surface area contributed by atoms with E-state index in [1.54, 1.807) is 0 Å². The van der Waals surface area contributed by atoms with E-state index < -0.39 is 53.3 Å². The molecule has 15 nitrogen and oxygen atoms in total. The Balaban J connectivity index is 1.80. The number of hydrogen-bond donors (Lipinski definition) is 3. The van der Waals surface area contributed by atoms with Gasteiger partial charge in [-0.15, -0.1) is 23.1 Å². The number of anilines is 1. The topological polar surface area (TPSA) is 203 Å². The number of nitrogen functional groups attached to an aromatic ring is 1. The number of thiazole rings is 1. The minimum atomic E-state index is -1.26. The van der Waals surface area contributed by atoms with Gasteiger partial charge in [0, 0.05) is 37.7 Å². The van der Waals surface area contributed by atoms with E-state index in [1.807, 2.05) is 13.8 Å². The summed E-state index contributed by atoms with van der Waals surface area (Å²) in [4.78, 5) is 70.0. The number of carbonyl (C=O) groups is 5. The third-order valence-corrected chi connectivity index (χ3v) is 8.23. The minimum absolute atomic E-state index is 0.0264. The Bertz CT molecular complexity index is 1260. The lowest BCUT2D eigenvalue weighted by atomic mass is 10.0. The molecule has 0 aliphatic carbocycles. The second kappa shape index (κ2) is 13.7. The summed E-state index contributed by atoms with van der Waals surface area (Å²) in [6, 6.07) is -1.08. The fourth-order valence-electron chi connectivity index (χ4n) is 3.99. The van der Waals surface area contributed by atoms with Crippen LogP contribution in [0.25, 0.3) is 0 Å². The lowest BCUT2D eigenvalue weighted by Gasteiger charge is -2.49. The normalized spacial score (nSPS) is 19.2. The summed E-state index contributed by atoms with van der Waals surface area (Å²) < 4.78 is 15.9. The molecule has 224 valence electrons. The highest BCUT2D eigenvalue weighted by atomic mass is 32.2. The molecule has 0 bridgehead atoms. The van der Waals surface area contributed by atoms with E-state index in [1.165, 1.54) is 43.1 Å². The molecule has 2 aliphatic heterocycles. The van der Waals surface area contributed by atoms with E-state index in [2.05, 4.69) is 15.5 Å². The fourth-order valence-corrected chi connectivity index (χ4v) is 5.87. The molecule has 0 spiro atoms. The van der Waals surface area contributed by atoms with Crippen LogP contribution in [-0.4, -0.2) is 99.7 Å². The lowest BCUT2D eigenvalue weighted by molar-refractivity contribution is -0.187. The molecule has 0 aromatic carbocycles. The Morgan fingerprint density at radius 1 is 1.27 bits per heavy atom. The van der Waals surface area contributed by atoms with Crippen molar-refractivity contribution >= 4 is 63.8 Å². The number of nitrogens with one attached hydrogen (secondary N) is 1. The van der Waals surface area contributed by atoms with Crippen LogP contribution in [0.4, 0.5) is 9.93 Å². The average molecular weight is 613 g/mol. The number of carbonyl (C=O) groups excluding carboxylic acids is 5. The van der Waals surface area contributed by atoms with Crippen molar-refractivity contribution in [3.63, 3.8) is 0 Å². The molecule has 2 aliphatic rings. The number of aromatic nitrogens is 1. The Hall–Kier alpha value is -3.86. The van der Waals surface area contributed by atoms with Crippen LogP contribution in [0.5, 0.6) is 0 Å². The standard InChI is InChI=1S/C24H32N6O9S2/c1-6-12(7-2)21(33)38-11(3)39-22(34)17-13(8-37-24(35)29(4)5)9-40-20-16(19(32)30(17)20)27-18(31)15(28-36)14-10-41-23(25)26-14/h10-12,16,20,36H,6-9H2,1-5H3,(H2,25,26)(H,27,31)/b28-15-/t11?,16?,20-/m0/s1. The lowest BCUT2D eigenvalue weighted by Crippen LogP contribution is -2.71. The number of thioether (sulfide) groups is 1. The Morgan fingerprint density at radius 2 is 1.95 bits per heavy atom. The van der Waals surface area contributed by atoms with Crippen LogP contribution >= 0.6 is 23.1 Å². The number of ether oxygens (including phenoxy) is 3. The maximum Gasteiger partial charge on any atom is 0.409 e. The largest absolute Gasteiger partial charge is 0.445 e. The Morgan fingerprint density at radius 3 is 2.51 bits per heavy atom. The number of amides is 3. The molecular weight excluding hydrogens is 580 g/mol. The van der Waals surface area contributed by atoms with Gasteiger partial charge in [-0.1, -0.05) is 19.0 Å². The molecule has 3 amide bonds. The first-order chi connectivity index (χ1) is 19.4. The van der Waals surface area contributed by atoms with Gasteiger partial charge >= 0.3 is 18.0 Å². The fraction of sp³-hybridized carbons (Fsp3) is 0.542. The Labute approximate surface area is 244 Å². The first kappa shape index (κ1) is 31.7. The van der Waals surface area contributed by atoms with Crippen molar-refractivity contribution in [2.75, 3.05) is 32.2 Å². The number of β-lactam (4-membered cyclic amide) rings is 1. The number of esters is 2. The number of nitrogens with two attached hydrogens (primary N) is 1. The molecule has 3 atom stereocenters. The molecule has 1 fully saturated rings. The zero-order valence-corrected chi connectivity index (χ0v) is 24.7. The van der Waals surface area contributed by atoms with E-state index in [-0.39, 0.29) is 34.8 Å². The van der Waals surface area contributed by atoms with E-state index in [0.29, 0.717) is 18.4 Å². The van der Waals surface area contributed by atoms with Gasteiger partial charge in [0.05, 0.1) is 5.92 Å². The zero-order valence-electron chi connectivity index (χ0n) is 23.1. The summed E-state index contributed by atoms with van der Waals surface area (Å²) in [5, 5.41) is 15.7. The third-order valence-electron chi connectivity index (χ3n) is 6.22. The van der Waals surface area contributed by atoms with Gasteiger partial charge in [-0.05, 0) is 12.8 Å². The monoisotopic (exact) mass is 612 g/mol. The summed E-state index contributed by atoms with van der Waals surface area (Å²) >= 11 is 2.25. The van der Waals surface area contributed by atoms with E-state index in [9.17, 15) is 29.2 Å². The minimum Gasteiger partial charge on any atom is -0.445 e. The molecule has 1 aromatic heterocycles. The van der Waals surface area contributed by atoms with Crippen molar-refractivity contribution in [3.8, 4) is 0 Å². The first-order valence-corrected chi connectivity index (χ1v) is 14.5. The zero-order chi connectivity index (χ0) is 30.4. The number of nitrogens with zero attached hydrogens (tertiary/aromatic N) is 4. The van der Waals surface area contributed by atoms with Crippen LogP contribution in [-0.2, 0) is 33.4 Å². The molecule has 4 N–H and O–H groups in total. The summed E-state index contributed by atoms with van der Waals surface area (Å²) in [7, 11) is 2.98. The molecular formula is C24H32N6O9S2. The second-order valence-electron chi connectivity index (χ2n) is 9.20. The van der Waals surface area contributed by atoms with Crippen LogP contribution in [0.1, 0.15) is 39.3 Å². The maximum atomic E-state index is 13.3. The van der Waals surface area contributed by atoms with Gasteiger partial charge in [0.25, 0.3) is 11.8 Å². The van der Waals surface area contributed by atoms with Gasteiger partial charge in [-0.2, -0.15) is 0 Å². The summed E-state index contributed by atoms with van der Waals surface area (Å²) in [6.07, 6.45) is -0.823. The maximum absolute atomic E-state index is 13.3. The van der Waals surface area contributed by atoms with Gasteiger partial charge in [0.1, 0.15) is 29.4 Å². The summed E-state index contributed by atoms with van der Waals surface area (Å²) in [5.41, 5.74) is 5.29. The van der Waals surface area contributed by atoms with Crippen LogP contribution in [0.15, 0.2) is 21.8 Å². The second-order valence-corrected chi connectivity index (χ2v) is 11.2. The molecule has 1 saturated heterocycles. The molecule has 3 rings (SSSR count). The predicted octanol–water partition coefficient (Wildman–Crippen LogP) is 1.12. The van der Waals surface area contributed by atoms with E-state index in [0.717, 1.165) is 16.2 Å². The number of rotatable bonds is 11. The smallest absolute Gasteiger partial charge is 0.409 e. The van der Waals surface area contributed by atoms with Gasteiger partial charge in [0.2, 0.25) is 6.29 Å². The van der Waals surface area contributed by atoms with Crippen molar-refractivity contribution in [2.45, 2.75) is 51.3 Å². The quantitative estimate of drug-likeness (QED) is 0.0804. The molecule has 17 heteroatoms. The van der Waals surface area contributed by atoms with Crippen LogP contribution in [0.2, 0.25) is 0 Å². The van der Waals surface area contributed by atoms with Gasteiger partial charge < -0.3 is 35.4 Å². The van der Waals surface area contributed by atoms with Crippen LogP contribution in [0.3, 0.4) is 0 Å². The number of oxime groups is 1. The van der Waals surface area contributed by atoms with Crippen LogP contribution in [0, 0.1) is 5.92 Å². The van der Waals surface area contributed by atoms with Gasteiger partial charge in [-0.25, -0.2) is 14.6 Å². The highest BCUT2D eigenvalue weighted by molar-refractivity contribution is 8.00. The van der Waals surface area contributed by atoms with E-state index in [4.69, 9.17) is 19.9 Å². The predicted molar refractivity (Wildman–Crippen MR) is 148 cm³/mol. The average Bonchev–Trinajstić information content (AvgIpc) is 3.35.